The zero-order valence-electron chi connectivity index (χ0n) is 12.9. The number of aliphatic carboxylic acids is 1. The Morgan fingerprint density at radius 2 is 2.05 bits per heavy atom. The molecule has 0 spiro atoms. The maximum absolute atomic E-state index is 10.8. The van der Waals surface area contributed by atoms with Crippen LogP contribution < -0.4 is 0 Å². The van der Waals surface area contributed by atoms with Crippen LogP contribution in [0.2, 0.25) is 0 Å². The molecule has 0 amide bonds. The topological polar surface area (TPSA) is 68.0 Å². The molecule has 1 aliphatic carbocycles. The minimum atomic E-state index is -0.812. The third kappa shape index (κ3) is 4.73. The van der Waals surface area contributed by atoms with Crippen molar-refractivity contribution in [2.24, 2.45) is 5.92 Å². The van der Waals surface area contributed by atoms with Crippen LogP contribution in [0.5, 0.6) is 0 Å². The van der Waals surface area contributed by atoms with Gasteiger partial charge in [0.2, 0.25) is 0 Å². The normalized spacial score (nSPS) is 16.5. The Hall–Kier alpha value is -1.04. The molecule has 0 aliphatic heterocycles. The molecule has 21 heavy (non-hydrogen) atoms. The SMILES string of the molecule is CC(C)c1nnc(SCC(=O)O)n1CCC1CCCCC1. The second-order valence-electron chi connectivity index (χ2n) is 6.12. The molecule has 0 atom stereocenters. The maximum Gasteiger partial charge on any atom is 0.313 e. The molecule has 0 bridgehead atoms. The van der Waals surface area contributed by atoms with E-state index in [4.69, 9.17) is 5.11 Å². The summed E-state index contributed by atoms with van der Waals surface area (Å²) < 4.78 is 2.13. The van der Waals surface area contributed by atoms with Gasteiger partial charge in [0, 0.05) is 12.5 Å². The number of hydrogen-bond acceptors (Lipinski definition) is 4. The molecule has 1 aliphatic rings. The Bertz CT molecular complexity index is 467. The van der Waals surface area contributed by atoms with Gasteiger partial charge >= 0.3 is 5.97 Å². The fraction of sp³-hybridized carbons (Fsp3) is 0.800. The van der Waals surface area contributed by atoms with Gasteiger partial charge in [-0.05, 0) is 12.3 Å². The van der Waals surface area contributed by atoms with Crippen molar-refractivity contribution >= 4 is 17.7 Å². The summed E-state index contributed by atoms with van der Waals surface area (Å²) in [6.07, 6.45) is 7.89. The lowest BCUT2D eigenvalue weighted by Crippen LogP contribution is -2.13. The Morgan fingerprint density at radius 3 is 2.67 bits per heavy atom. The average Bonchev–Trinajstić information content (AvgIpc) is 2.87. The number of aromatic nitrogens is 3. The van der Waals surface area contributed by atoms with E-state index in [2.05, 4.69) is 28.6 Å². The van der Waals surface area contributed by atoms with Crippen LogP contribution in [0.1, 0.15) is 64.1 Å². The van der Waals surface area contributed by atoms with Crippen molar-refractivity contribution in [1.29, 1.82) is 0 Å². The third-order valence-electron chi connectivity index (χ3n) is 4.07. The predicted molar refractivity (Wildman–Crippen MR) is 83.7 cm³/mol. The van der Waals surface area contributed by atoms with Crippen molar-refractivity contribution in [3.8, 4) is 0 Å². The van der Waals surface area contributed by atoms with Crippen molar-refractivity contribution in [2.75, 3.05) is 5.75 Å². The highest BCUT2D eigenvalue weighted by Gasteiger charge is 2.19. The lowest BCUT2D eigenvalue weighted by molar-refractivity contribution is -0.133. The van der Waals surface area contributed by atoms with Crippen LogP contribution in [0.3, 0.4) is 0 Å². The molecule has 0 saturated heterocycles. The van der Waals surface area contributed by atoms with E-state index in [0.717, 1.165) is 29.9 Å². The number of carbonyl (C=O) groups is 1. The first-order valence-corrected chi connectivity index (χ1v) is 8.84. The minimum absolute atomic E-state index is 0.0413. The molecule has 0 aromatic carbocycles. The molecule has 1 aromatic heterocycles. The Labute approximate surface area is 130 Å². The van der Waals surface area contributed by atoms with Gasteiger partial charge in [0.25, 0.3) is 0 Å². The molecule has 0 unspecified atom stereocenters. The molecule has 5 nitrogen and oxygen atoms in total. The van der Waals surface area contributed by atoms with Crippen LogP contribution in [-0.2, 0) is 11.3 Å². The van der Waals surface area contributed by atoms with Crippen molar-refractivity contribution < 1.29 is 9.90 Å². The zero-order chi connectivity index (χ0) is 15.2. The highest BCUT2D eigenvalue weighted by molar-refractivity contribution is 7.99. The lowest BCUT2D eigenvalue weighted by atomic mass is 9.87. The summed E-state index contributed by atoms with van der Waals surface area (Å²) in [5.41, 5.74) is 0. The standard InChI is InChI=1S/C15H25N3O2S/c1-11(2)14-16-17-15(21-10-13(19)20)18(14)9-8-12-6-4-3-5-7-12/h11-12H,3-10H2,1-2H3,(H,19,20). The van der Waals surface area contributed by atoms with E-state index in [1.165, 1.54) is 43.9 Å². The minimum Gasteiger partial charge on any atom is -0.481 e. The number of nitrogens with zero attached hydrogens (tertiary/aromatic N) is 3. The summed E-state index contributed by atoms with van der Waals surface area (Å²) in [4.78, 5) is 10.8. The summed E-state index contributed by atoms with van der Waals surface area (Å²) in [6, 6.07) is 0. The fourth-order valence-corrected chi connectivity index (χ4v) is 3.65. The number of carboxylic acids is 1. The van der Waals surface area contributed by atoms with E-state index in [-0.39, 0.29) is 5.75 Å². The van der Waals surface area contributed by atoms with Crippen LogP contribution in [0.15, 0.2) is 5.16 Å². The Balaban J connectivity index is 2.02. The van der Waals surface area contributed by atoms with Gasteiger partial charge in [-0.15, -0.1) is 10.2 Å². The molecule has 0 radical (unpaired) electrons. The summed E-state index contributed by atoms with van der Waals surface area (Å²) in [5.74, 6) is 1.31. The van der Waals surface area contributed by atoms with E-state index in [0.29, 0.717) is 5.92 Å². The first-order chi connectivity index (χ1) is 10.1. The van der Waals surface area contributed by atoms with E-state index in [9.17, 15) is 4.79 Å². The summed E-state index contributed by atoms with van der Waals surface area (Å²) in [6.45, 7) is 5.12. The first-order valence-electron chi connectivity index (χ1n) is 7.85. The maximum atomic E-state index is 10.8. The summed E-state index contributed by atoms with van der Waals surface area (Å²) in [7, 11) is 0. The monoisotopic (exact) mass is 311 g/mol. The summed E-state index contributed by atoms with van der Waals surface area (Å²) in [5, 5.41) is 18.0. The van der Waals surface area contributed by atoms with Gasteiger partial charge in [-0.1, -0.05) is 57.7 Å². The predicted octanol–water partition coefficient (Wildman–Crippen LogP) is 3.55. The number of carboxylic acid groups (broad SMARTS) is 1. The molecule has 1 heterocycles. The van der Waals surface area contributed by atoms with Crippen molar-refractivity contribution in [3.05, 3.63) is 5.82 Å². The summed E-state index contributed by atoms with van der Waals surface area (Å²) >= 11 is 1.27. The molecule has 2 rings (SSSR count). The average molecular weight is 311 g/mol. The molecule has 1 N–H and O–H groups in total. The van der Waals surface area contributed by atoms with Gasteiger partial charge in [-0.25, -0.2) is 0 Å². The molecule has 1 fully saturated rings. The van der Waals surface area contributed by atoms with Crippen molar-refractivity contribution in [2.45, 2.75) is 70.0 Å². The number of thioether (sulfide) groups is 1. The quantitative estimate of drug-likeness (QED) is 0.780. The van der Waals surface area contributed by atoms with Gasteiger partial charge in [-0.3, -0.25) is 4.79 Å². The molecule has 6 heteroatoms. The van der Waals surface area contributed by atoms with E-state index >= 15 is 0 Å². The fourth-order valence-electron chi connectivity index (χ4n) is 2.96. The molecular formula is C15H25N3O2S. The van der Waals surface area contributed by atoms with Crippen LogP contribution in [0, 0.1) is 5.92 Å². The van der Waals surface area contributed by atoms with E-state index < -0.39 is 5.97 Å². The van der Waals surface area contributed by atoms with Crippen LogP contribution in [-0.4, -0.2) is 31.6 Å². The Kier molecular flexibility index (Phi) is 6.08. The van der Waals surface area contributed by atoms with Crippen molar-refractivity contribution in [1.82, 2.24) is 14.8 Å². The van der Waals surface area contributed by atoms with Gasteiger partial charge in [0.05, 0.1) is 5.75 Å². The second-order valence-corrected chi connectivity index (χ2v) is 7.06. The largest absolute Gasteiger partial charge is 0.481 e. The van der Waals surface area contributed by atoms with E-state index in [1.54, 1.807) is 0 Å². The van der Waals surface area contributed by atoms with E-state index in [1.807, 2.05) is 0 Å². The van der Waals surface area contributed by atoms with Crippen LogP contribution >= 0.6 is 11.8 Å². The lowest BCUT2D eigenvalue weighted by Gasteiger charge is -2.22. The smallest absolute Gasteiger partial charge is 0.313 e. The van der Waals surface area contributed by atoms with Crippen LogP contribution in [0.25, 0.3) is 0 Å². The molecule has 1 aromatic rings. The zero-order valence-corrected chi connectivity index (χ0v) is 13.7. The van der Waals surface area contributed by atoms with Gasteiger partial charge < -0.3 is 9.67 Å². The Morgan fingerprint density at radius 1 is 1.33 bits per heavy atom. The molecule has 118 valence electrons. The first kappa shape index (κ1) is 16.3. The third-order valence-corrected chi connectivity index (χ3v) is 5.02. The highest BCUT2D eigenvalue weighted by atomic mass is 32.2. The molecule has 1 saturated carbocycles. The number of hydrogen-bond donors (Lipinski definition) is 1. The van der Waals surface area contributed by atoms with Gasteiger partial charge in [0.15, 0.2) is 5.16 Å². The van der Waals surface area contributed by atoms with Crippen LogP contribution in [0.4, 0.5) is 0 Å². The highest BCUT2D eigenvalue weighted by Crippen LogP contribution is 2.28. The van der Waals surface area contributed by atoms with Gasteiger partial charge in [-0.2, -0.15) is 0 Å². The number of rotatable bonds is 7. The van der Waals surface area contributed by atoms with Gasteiger partial charge in [0.1, 0.15) is 5.82 Å². The van der Waals surface area contributed by atoms with Crippen molar-refractivity contribution in [3.63, 3.8) is 0 Å². The molecular weight excluding hydrogens is 286 g/mol. The second kappa shape index (κ2) is 7.82.